The lowest BCUT2D eigenvalue weighted by Gasteiger charge is -2.31. The van der Waals surface area contributed by atoms with E-state index in [1.165, 1.54) is 6.08 Å². The first-order valence-electron chi connectivity index (χ1n) is 8.36. The van der Waals surface area contributed by atoms with Crippen LogP contribution < -0.4 is 0 Å². The highest BCUT2D eigenvalue weighted by molar-refractivity contribution is 6.00. The van der Waals surface area contributed by atoms with Gasteiger partial charge in [-0.15, -0.1) is 0 Å². The van der Waals surface area contributed by atoms with E-state index in [9.17, 15) is 14.4 Å². The Kier molecular flexibility index (Phi) is 4.09. The molecule has 0 aliphatic carbocycles. The van der Waals surface area contributed by atoms with Crippen molar-refractivity contribution < 1.29 is 28.6 Å². The van der Waals surface area contributed by atoms with E-state index in [-0.39, 0.29) is 23.7 Å². The Bertz CT molecular complexity index is 715. The van der Waals surface area contributed by atoms with Crippen LogP contribution in [-0.4, -0.2) is 35.5 Å². The number of esters is 2. The van der Waals surface area contributed by atoms with Crippen LogP contribution in [0.1, 0.15) is 33.6 Å². The van der Waals surface area contributed by atoms with Gasteiger partial charge in [0.15, 0.2) is 5.60 Å². The molecular formula is C19H22O6. The fraction of sp³-hybridized carbons (Fsp3) is 0.526. The van der Waals surface area contributed by atoms with Crippen molar-refractivity contribution in [2.24, 2.45) is 11.8 Å². The molecule has 3 rings (SSSR count). The summed E-state index contributed by atoms with van der Waals surface area (Å²) in [6, 6.07) is 0. The van der Waals surface area contributed by atoms with E-state index >= 15 is 0 Å². The van der Waals surface area contributed by atoms with Crippen molar-refractivity contribution in [3.05, 3.63) is 36.1 Å². The molecule has 6 nitrogen and oxygen atoms in total. The van der Waals surface area contributed by atoms with E-state index in [0.29, 0.717) is 17.8 Å². The number of allylic oxidation sites excluding steroid dienone is 1. The summed E-state index contributed by atoms with van der Waals surface area (Å²) < 4.78 is 16.9. The molecule has 0 aromatic heterocycles. The SMILES string of the molecule is C=C1C[C@@H]2OC(=O)C(=C)[C@@H]2[C@H](OC(=O)C(C)C)C[C@@]2(C)OC1=CC2=O. The average molecular weight is 346 g/mol. The standard InChI is InChI=1S/C19H22O6/c1-9(2)17(21)24-14-8-19(5)15(20)7-12(25-19)10(3)6-13-16(14)11(4)18(22)23-13/h7,9,13-14,16H,3-4,6,8H2,1-2,5H3/t13-,14+,16-,19+/m0/s1. The van der Waals surface area contributed by atoms with Crippen LogP contribution in [0.15, 0.2) is 36.1 Å². The maximum atomic E-state index is 12.4. The van der Waals surface area contributed by atoms with E-state index in [1.54, 1.807) is 20.8 Å². The molecule has 0 radical (unpaired) electrons. The van der Waals surface area contributed by atoms with Gasteiger partial charge < -0.3 is 14.2 Å². The Morgan fingerprint density at radius 1 is 1.36 bits per heavy atom. The molecule has 3 aliphatic rings. The Labute approximate surface area is 146 Å². The lowest BCUT2D eigenvalue weighted by atomic mass is 9.81. The highest BCUT2D eigenvalue weighted by Crippen LogP contribution is 2.44. The van der Waals surface area contributed by atoms with Gasteiger partial charge in [0.1, 0.15) is 18.0 Å². The maximum absolute atomic E-state index is 12.4. The van der Waals surface area contributed by atoms with Crippen molar-refractivity contribution in [1.29, 1.82) is 0 Å². The molecule has 2 fully saturated rings. The minimum absolute atomic E-state index is 0.119. The first-order valence-corrected chi connectivity index (χ1v) is 8.36. The molecule has 4 atom stereocenters. The lowest BCUT2D eigenvalue weighted by Crippen LogP contribution is -2.43. The summed E-state index contributed by atoms with van der Waals surface area (Å²) in [5.41, 5.74) is -0.339. The van der Waals surface area contributed by atoms with Gasteiger partial charge in [0.2, 0.25) is 5.78 Å². The Hall–Kier alpha value is -2.37. The number of ketones is 1. The van der Waals surface area contributed by atoms with Crippen LogP contribution in [0.2, 0.25) is 0 Å². The van der Waals surface area contributed by atoms with Crippen molar-refractivity contribution in [1.82, 2.24) is 0 Å². The normalized spacial score (nSPS) is 34.6. The number of hydrogen-bond acceptors (Lipinski definition) is 6. The minimum atomic E-state index is -1.17. The minimum Gasteiger partial charge on any atom is -0.479 e. The zero-order chi connectivity index (χ0) is 18.5. The van der Waals surface area contributed by atoms with Gasteiger partial charge in [0.05, 0.1) is 11.8 Å². The number of ether oxygens (including phenoxy) is 3. The Morgan fingerprint density at radius 3 is 2.68 bits per heavy atom. The topological polar surface area (TPSA) is 78.9 Å². The molecule has 0 aromatic rings. The summed E-state index contributed by atoms with van der Waals surface area (Å²) in [6.45, 7) is 12.9. The van der Waals surface area contributed by atoms with Gasteiger partial charge in [-0.3, -0.25) is 9.59 Å². The van der Waals surface area contributed by atoms with Gasteiger partial charge in [-0.05, 0) is 12.5 Å². The lowest BCUT2D eigenvalue weighted by molar-refractivity contribution is -0.161. The van der Waals surface area contributed by atoms with E-state index in [1.807, 2.05) is 0 Å². The molecule has 2 bridgehead atoms. The van der Waals surface area contributed by atoms with Crippen molar-refractivity contribution in [3.63, 3.8) is 0 Å². The molecule has 3 aliphatic heterocycles. The molecule has 0 N–H and O–H groups in total. The second-order valence-corrected chi connectivity index (χ2v) is 7.34. The molecule has 3 heterocycles. The predicted octanol–water partition coefficient (Wildman–Crippen LogP) is 2.24. The average Bonchev–Trinajstić information content (AvgIpc) is 2.96. The van der Waals surface area contributed by atoms with E-state index < -0.39 is 35.7 Å². The predicted molar refractivity (Wildman–Crippen MR) is 88.2 cm³/mol. The van der Waals surface area contributed by atoms with E-state index in [0.717, 1.165) is 0 Å². The molecular weight excluding hydrogens is 324 g/mol. The second-order valence-electron chi connectivity index (χ2n) is 7.34. The molecule has 0 saturated carbocycles. The zero-order valence-corrected chi connectivity index (χ0v) is 14.7. The number of hydrogen-bond donors (Lipinski definition) is 0. The monoisotopic (exact) mass is 346 g/mol. The Balaban J connectivity index is 2.02. The fourth-order valence-corrected chi connectivity index (χ4v) is 3.44. The molecule has 25 heavy (non-hydrogen) atoms. The molecule has 0 aromatic carbocycles. The summed E-state index contributed by atoms with van der Waals surface area (Å²) in [7, 11) is 0. The molecule has 0 unspecified atom stereocenters. The second kappa shape index (κ2) is 5.86. The van der Waals surface area contributed by atoms with Gasteiger partial charge >= 0.3 is 11.9 Å². The van der Waals surface area contributed by atoms with Gasteiger partial charge in [0.25, 0.3) is 0 Å². The van der Waals surface area contributed by atoms with Gasteiger partial charge in [0, 0.05) is 24.5 Å². The fourth-order valence-electron chi connectivity index (χ4n) is 3.44. The van der Waals surface area contributed by atoms with E-state index in [4.69, 9.17) is 14.2 Å². The third kappa shape index (κ3) is 2.90. The van der Waals surface area contributed by atoms with Crippen LogP contribution in [0.4, 0.5) is 0 Å². The summed E-state index contributed by atoms with van der Waals surface area (Å²) in [5.74, 6) is -1.59. The summed E-state index contributed by atoms with van der Waals surface area (Å²) >= 11 is 0. The van der Waals surface area contributed by atoms with Crippen molar-refractivity contribution in [2.45, 2.75) is 51.4 Å². The first-order chi connectivity index (χ1) is 11.6. The quantitative estimate of drug-likeness (QED) is 0.564. The smallest absolute Gasteiger partial charge is 0.334 e. The maximum Gasteiger partial charge on any atom is 0.334 e. The number of fused-ring (bicyclic) bond motifs is 3. The van der Waals surface area contributed by atoms with Crippen molar-refractivity contribution in [2.75, 3.05) is 0 Å². The molecule has 0 spiro atoms. The number of carbonyl (C=O) groups is 3. The highest BCUT2D eigenvalue weighted by atomic mass is 16.6. The number of carbonyl (C=O) groups excluding carboxylic acids is 3. The van der Waals surface area contributed by atoms with Crippen LogP contribution >= 0.6 is 0 Å². The third-order valence-corrected chi connectivity index (χ3v) is 4.97. The molecule has 6 heteroatoms. The van der Waals surface area contributed by atoms with Crippen LogP contribution in [-0.2, 0) is 28.6 Å². The highest BCUT2D eigenvalue weighted by Gasteiger charge is 2.52. The summed E-state index contributed by atoms with van der Waals surface area (Å²) in [5, 5.41) is 0. The molecule has 134 valence electrons. The van der Waals surface area contributed by atoms with Crippen LogP contribution in [0.5, 0.6) is 0 Å². The van der Waals surface area contributed by atoms with Crippen LogP contribution in [0.25, 0.3) is 0 Å². The first kappa shape index (κ1) is 17.5. The van der Waals surface area contributed by atoms with E-state index in [2.05, 4.69) is 13.2 Å². The van der Waals surface area contributed by atoms with Gasteiger partial charge in [-0.1, -0.05) is 27.0 Å². The van der Waals surface area contributed by atoms with Crippen molar-refractivity contribution >= 4 is 17.7 Å². The molecule has 0 amide bonds. The van der Waals surface area contributed by atoms with Crippen LogP contribution in [0.3, 0.4) is 0 Å². The summed E-state index contributed by atoms with van der Waals surface area (Å²) in [4.78, 5) is 36.7. The molecule has 2 saturated heterocycles. The zero-order valence-electron chi connectivity index (χ0n) is 14.7. The number of rotatable bonds is 2. The summed E-state index contributed by atoms with van der Waals surface area (Å²) in [6.07, 6.45) is 0.538. The van der Waals surface area contributed by atoms with Crippen LogP contribution in [0, 0.1) is 11.8 Å². The third-order valence-electron chi connectivity index (χ3n) is 4.97. The van der Waals surface area contributed by atoms with Gasteiger partial charge in [-0.25, -0.2) is 4.79 Å². The Morgan fingerprint density at radius 2 is 2.04 bits per heavy atom. The largest absolute Gasteiger partial charge is 0.479 e. The van der Waals surface area contributed by atoms with Crippen molar-refractivity contribution in [3.8, 4) is 0 Å². The van der Waals surface area contributed by atoms with Gasteiger partial charge in [-0.2, -0.15) is 0 Å².